The van der Waals surface area contributed by atoms with Gasteiger partial charge in [-0.3, -0.25) is 14.1 Å². The zero-order valence-electron chi connectivity index (χ0n) is 16.6. The number of hydrogen-bond donors (Lipinski definition) is 1. The molecule has 2 aromatic carbocycles. The number of pyridine rings is 1. The first-order chi connectivity index (χ1) is 13.7. The molecular formula is C22H23N3O3S. The molecule has 3 rings (SSSR count). The summed E-state index contributed by atoms with van der Waals surface area (Å²) in [4.78, 5) is 16.3. The number of aryl methyl sites for hydroxylation is 2. The molecule has 0 saturated heterocycles. The average Bonchev–Trinajstić information content (AvgIpc) is 2.65. The summed E-state index contributed by atoms with van der Waals surface area (Å²) in [6, 6.07) is 16.1. The minimum atomic E-state index is -3.47. The van der Waals surface area contributed by atoms with E-state index in [0.29, 0.717) is 16.9 Å². The molecule has 6 nitrogen and oxygen atoms in total. The highest BCUT2D eigenvalue weighted by molar-refractivity contribution is 7.92. The van der Waals surface area contributed by atoms with Gasteiger partial charge >= 0.3 is 0 Å². The van der Waals surface area contributed by atoms with Crippen LogP contribution in [0.4, 0.5) is 11.4 Å². The van der Waals surface area contributed by atoms with Crippen LogP contribution in [-0.2, 0) is 16.6 Å². The summed E-state index contributed by atoms with van der Waals surface area (Å²) in [5.74, 6) is -0.251. The van der Waals surface area contributed by atoms with Crippen LogP contribution in [0.3, 0.4) is 0 Å². The smallest absolute Gasteiger partial charge is 0.255 e. The van der Waals surface area contributed by atoms with Gasteiger partial charge in [-0.25, -0.2) is 8.42 Å². The number of carbonyl (C=O) groups is 1. The Morgan fingerprint density at radius 1 is 1.03 bits per heavy atom. The van der Waals surface area contributed by atoms with E-state index in [4.69, 9.17) is 0 Å². The highest BCUT2D eigenvalue weighted by Crippen LogP contribution is 2.24. The molecule has 150 valence electrons. The van der Waals surface area contributed by atoms with Gasteiger partial charge in [0.15, 0.2) is 0 Å². The maximum absolute atomic E-state index is 12.4. The monoisotopic (exact) mass is 409 g/mol. The molecular weight excluding hydrogens is 386 g/mol. The second kappa shape index (κ2) is 8.45. The zero-order valence-corrected chi connectivity index (χ0v) is 17.4. The Labute approximate surface area is 171 Å². The first kappa shape index (κ1) is 20.5. The lowest BCUT2D eigenvalue weighted by Crippen LogP contribution is -2.29. The van der Waals surface area contributed by atoms with Crippen molar-refractivity contribution in [1.29, 1.82) is 0 Å². The van der Waals surface area contributed by atoms with Crippen LogP contribution in [0.2, 0.25) is 0 Å². The molecule has 0 aliphatic heterocycles. The van der Waals surface area contributed by atoms with E-state index in [1.807, 2.05) is 32.0 Å². The number of benzene rings is 2. The molecule has 0 radical (unpaired) electrons. The molecule has 1 heterocycles. The van der Waals surface area contributed by atoms with Crippen LogP contribution in [0.25, 0.3) is 0 Å². The van der Waals surface area contributed by atoms with Gasteiger partial charge in [-0.15, -0.1) is 0 Å². The number of nitrogens with one attached hydrogen (secondary N) is 1. The Bertz CT molecular complexity index is 1090. The van der Waals surface area contributed by atoms with Crippen molar-refractivity contribution in [2.75, 3.05) is 15.9 Å². The normalized spacial score (nSPS) is 11.1. The predicted octanol–water partition coefficient (Wildman–Crippen LogP) is 3.92. The van der Waals surface area contributed by atoms with Crippen LogP contribution < -0.4 is 9.62 Å². The summed E-state index contributed by atoms with van der Waals surface area (Å²) in [5, 5.41) is 2.77. The van der Waals surface area contributed by atoms with Crippen molar-refractivity contribution >= 4 is 27.3 Å². The van der Waals surface area contributed by atoms with E-state index in [-0.39, 0.29) is 12.5 Å². The lowest BCUT2D eigenvalue weighted by atomic mass is 10.1. The van der Waals surface area contributed by atoms with Crippen molar-refractivity contribution < 1.29 is 13.2 Å². The predicted molar refractivity (Wildman–Crippen MR) is 116 cm³/mol. The fourth-order valence-electron chi connectivity index (χ4n) is 3.06. The molecule has 0 unspecified atom stereocenters. The van der Waals surface area contributed by atoms with Gasteiger partial charge < -0.3 is 5.32 Å². The maximum atomic E-state index is 12.4. The molecule has 29 heavy (non-hydrogen) atoms. The quantitative estimate of drug-likeness (QED) is 0.669. The van der Waals surface area contributed by atoms with E-state index >= 15 is 0 Å². The number of sulfonamides is 1. The highest BCUT2D eigenvalue weighted by Gasteiger charge is 2.19. The SMILES string of the molecule is Cc1cc(C)cc(N(Cc2ccc(C(=O)Nc3cccnc3)cc2)S(C)(=O)=O)c1. The molecule has 7 heteroatoms. The summed E-state index contributed by atoms with van der Waals surface area (Å²) in [5.41, 5.74) is 4.50. The molecule has 1 N–H and O–H groups in total. The van der Waals surface area contributed by atoms with Gasteiger partial charge in [-0.2, -0.15) is 0 Å². The summed E-state index contributed by atoms with van der Waals surface area (Å²) in [6.45, 7) is 4.06. The van der Waals surface area contributed by atoms with Crippen molar-refractivity contribution in [1.82, 2.24) is 4.98 Å². The Morgan fingerprint density at radius 2 is 1.69 bits per heavy atom. The first-order valence-electron chi connectivity index (χ1n) is 9.09. The number of rotatable bonds is 6. The molecule has 0 bridgehead atoms. The molecule has 0 saturated carbocycles. The number of amides is 1. The van der Waals surface area contributed by atoms with Crippen LogP contribution in [0, 0.1) is 13.8 Å². The summed E-state index contributed by atoms with van der Waals surface area (Å²) < 4.78 is 26.2. The lowest BCUT2D eigenvalue weighted by molar-refractivity contribution is 0.102. The van der Waals surface area contributed by atoms with Gasteiger partial charge in [-0.1, -0.05) is 18.2 Å². The molecule has 0 aliphatic rings. The van der Waals surface area contributed by atoms with Gasteiger partial charge in [0.25, 0.3) is 5.91 Å². The lowest BCUT2D eigenvalue weighted by Gasteiger charge is -2.23. The molecule has 0 fully saturated rings. The second-order valence-electron chi connectivity index (χ2n) is 7.01. The van der Waals surface area contributed by atoms with Crippen molar-refractivity contribution in [2.24, 2.45) is 0 Å². The van der Waals surface area contributed by atoms with E-state index in [2.05, 4.69) is 10.3 Å². The van der Waals surface area contributed by atoms with Gasteiger partial charge in [0.05, 0.1) is 30.4 Å². The average molecular weight is 410 g/mol. The third-order valence-corrected chi connectivity index (χ3v) is 5.50. The molecule has 1 amide bonds. The van der Waals surface area contributed by atoms with Crippen LogP contribution in [0.1, 0.15) is 27.0 Å². The number of aromatic nitrogens is 1. The van der Waals surface area contributed by atoms with Crippen molar-refractivity contribution in [3.63, 3.8) is 0 Å². The van der Waals surface area contributed by atoms with E-state index in [1.54, 1.807) is 48.8 Å². The minimum Gasteiger partial charge on any atom is -0.321 e. The van der Waals surface area contributed by atoms with Crippen molar-refractivity contribution in [3.8, 4) is 0 Å². The summed E-state index contributed by atoms with van der Waals surface area (Å²) in [6.07, 6.45) is 4.40. The van der Waals surface area contributed by atoms with Crippen LogP contribution in [-0.4, -0.2) is 25.6 Å². The molecule has 0 aliphatic carbocycles. The molecule has 1 aromatic heterocycles. The Hall–Kier alpha value is -3.19. The van der Waals surface area contributed by atoms with Gasteiger partial charge in [0, 0.05) is 11.8 Å². The number of carbonyl (C=O) groups excluding carboxylic acids is 1. The fraction of sp³-hybridized carbons (Fsp3) is 0.182. The Kier molecular flexibility index (Phi) is 5.98. The van der Waals surface area contributed by atoms with E-state index in [0.717, 1.165) is 16.7 Å². The van der Waals surface area contributed by atoms with E-state index in [9.17, 15) is 13.2 Å². The Balaban J connectivity index is 1.80. The fourth-order valence-corrected chi connectivity index (χ4v) is 3.93. The molecule has 3 aromatic rings. The van der Waals surface area contributed by atoms with E-state index in [1.165, 1.54) is 10.6 Å². The number of hydrogen-bond acceptors (Lipinski definition) is 4. The molecule has 0 atom stereocenters. The number of anilines is 2. The molecule has 0 spiro atoms. The van der Waals surface area contributed by atoms with Crippen LogP contribution >= 0.6 is 0 Å². The summed E-state index contributed by atoms with van der Waals surface area (Å²) in [7, 11) is -3.47. The van der Waals surface area contributed by atoms with Gasteiger partial charge in [0.2, 0.25) is 10.0 Å². The number of nitrogens with zero attached hydrogens (tertiary/aromatic N) is 2. The van der Waals surface area contributed by atoms with Gasteiger partial charge in [0.1, 0.15) is 0 Å². The highest BCUT2D eigenvalue weighted by atomic mass is 32.2. The second-order valence-corrected chi connectivity index (χ2v) is 8.92. The van der Waals surface area contributed by atoms with E-state index < -0.39 is 10.0 Å². The topological polar surface area (TPSA) is 79.4 Å². The third kappa shape index (κ3) is 5.42. The van der Waals surface area contributed by atoms with Crippen LogP contribution in [0.15, 0.2) is 67.0 Å². The third-order valence-electron chi connectivity index (χ3n) is 4.36. The largest absolute Gasteiger partial charge is 0.321 e. The van der Waals surface area contributed by atoms with Crippen molar-refractivity contribution in [3.05, 3.63) is 89.2 Å². The van der Waals surface area contributed by atoms with Crippen LogP contribution in [0.5, 0.6) is 0 Å². The summed E-state index contributed by atoms with van der Waals surface area (Å²) >= 11 is 0. The minimum absolute atomic E-state index is 0.187. The first-order valence-corrected chi connectivity index (χ1v) is 10.9. The van der Waals surface area contributed by atoms with Gasteiger partial charge in [-0.05, 0) is 66.9 Å². The Morgan fingerprint density at radius 3 is 2.24 bits per heavy atom. The van der Waals surface area contributed by atoms with Crippen molar-refractivity contribution in [2.45, 2.75) is 20.4 Å². The standard InChI is InChI=1S/C22H23N3O3S/c1-16-11-17(2)13-21(12-16)25(29(3,27)28)15-18-6-8-19(9-7-18)22(26)24-20-5-4-10-23-14-20/h4-14H,15H2,1-3H3,(H,24,26). The zero-order chi connectivity index (χ0) is 21.0. The maximum Gasteiger partial charge on any atom is 0.255 e.